The normalized spacial score (nSPS) is 12.7. The molecule has 0 saturated heterocycles. The Balaban J connectivity index is 1.67. The molecule has 0 spiro atoms. The van der Waals surface area contributed by atoms with E-state index in [1.807, 2.05) is 32.3 Å². The molecule has 28 heavy (non-hydrogen) atoms. The zero-order valence-electron chi connectivity index (χ0n) is 15.6. The van der Waals surface area contributed by atoms with E-state index in [4.69, 9.17) is 21.1 Å². The number of halogens is 1. The summed E-state index contributed by atoms with van der Waals surface area (Å²) in [4.78, 5) is 21.8. The van der Waals surface area contributed by atoms with Crippen molar-refractivity contribution in [1.29, 1.82) is 0 Å². The Morgan fingerprint density at radius 2 is 2.00 bits per heavy atom. The monoisotopic (exact) mass is 417 g/mol. The van der Waals surface area contributed by atoms with Crippen molar-refractivity contribution < 1.29 is 14.3 Å². The Morgan fingerprint density at radius 1 is 1.18 bits per heavy atom. The molecule has 0 unspecified atom stereocenters. The summed E-state index contributed by atoms with van der Waals surface area (Å²) in [7, 11) is 4.03. The van der Waals surface area contributed by atoms with Gasteiger partial charge in [0.2, 0.25) is 6.79 Å². The van der Waals surface area contributed by atoms with Crippen LogP contribution in [-0.2, 0) is 0 Å². The number of thiazole rings is 1. The van der Waals surface area contributed by atoms with Gasteiger partial charge in [-0.2, -0.15) is 0 Å². The van der Waals surface area contributed by atoms with Crippen molar-refractivity contribution in [2.45, 2.75) is 6.42 Å². The number of carbonyl (C=O) groups excluding carboxylic acids is 1. The highest BCUT2D eigenvalue weighted by atomic mass is 35.5. The Labute approximate surface area is 172 Å². The van der Waals surface area contributed by atoms with Crippen LogP contribution in [-0.4, -0.2) is 49.8 Å². The number of anilines is 1. The van der Waals surface area contributed by atoms with Gasteiger partial charge in [0, 0.05) is 12.1 Å². The summed E-state index contributed by atoms with van der Waals surface area (Å²) in [6, 6.07) is 10.9. The number of aromatic nitrogens is 1. The van der Waals surface area contributed by atoms with Crippen LogP contribution in [0.5, 0.6) is 11.5 Å². The Bertz CT molecular complexity index is 1020. The van der Waals surface area contributed by atoms with E-state index in [-0.39, 0.29) is 12.7 Å². The van der Waals surface area contributed by atoms with Gasteiger partial charge in [-0.05, 0) is 57.4 Å². The fourth-order valence-corrected chi connectivity index (χ4v) is 4.32. The number of carbonyl (C=O) groups is 1. The molecule has 0 bridgehead atoms. The lowest BCUT2D eigenvalue weighted by Crippen LogP contribution is -2.33. The predicted molar refractivity (Wildman–Crippen MR) is 112 cm³/mol. The van der Waals surface area contributed by atoms with Gasteiger partial charge in [-0.25, -0.2) is 4.98 Å². The van der Waals surface area contributed by atoms with Crippen LogP contribution in [0.4, 0.5) is 5.13 Å². The van der Waals surface area contributed by atoms with E-state index in [9.17, 15) is 4.79 Å². The Kier molecular flexibility index (Phi) is 5.39. The van der Waals surface area contributed by atoms with E-state index >= 15 is 0 Å². The summed E-state index contributed by atoms with van der Waals surface area (Å²) in [6.45, 7) is 1.61. The first-order valence-corrected chi connectivity index (χ1v) is 10.1. The first-order valence-electron chi connectivity index (χ1n) is 8.94. The number of nitrogens with zero attached hydrogens (tertiary/aromatic N) is 3. The molecule has 0 radical (unpaired) electrons. The fourth-order valence-electron chi connectivity index (χ4n) is 3.03. The third-order valence-corrected chi connectivity index (χ3v) is 5.79. The molecular weight excluding hydrogens is 398 g/mol. The Hall–Kier alpha value is -2.35. The number of ether oxygens (including phenoxy) is 2. The zero-order valence-corrected chi connectivity index (χ0v) is 17.2. The summed E-state index contributed by atoms with van der Waals surface area (Å²) in [5.41, 5.74) is 1.26. The van der Waals surface area contributed by atoms with Gasteiger partial charge in [0.25, 0.3) is 5.91 Å². The van der Waals surface area contributed by atoms with E-state index in [0.717, 1.165) is 23.2 Å². The van der Waals surface area contributed by atoms with Crippen molar-refractivity contribution in [3.63, 3.8) is 0 Å². The molecule has 0 atom stereocenters. The predicted octanol–water partition coefficient (Wildman–Crippen LogP) is 4.28. The van der Waals surface area contributed by atoms with E-state index in [2.05, 4.69) is 9.88 Å². The van der Waals surface area contributed by atoms with Gasteiger partial charge in [-0.3, -0.25) is 9.69 Å². The van der Waals surface area contributed by atoms with Crippen molar-refractivity contribution >= 4 is 44.2 Å². The van der Waals surface area contributed by atoms with E-state index in [0.29, 0.717) is 33.8 Å². The molecule has 1 aliphatic rings. The molecule has 3 aromatic rings. The second kappa shape index (κ2) is 7.95. The maximum atomic E-state index is 13.3. The smallest absolute Gasteiger partial charge is 0.260 e. The van der Waals surface area contributed by atoms with E-state index in [1.165, 1.54) is 11.3 Å². The number of para-hydroxylation sites is 1. The van der Waals surface area contributed by atoms with Crippen molar-refractivity contribution in [2.75, 3.05) is 38.9 Å². The van der Waals surface area contributed by atoms with Crippen molar-refractivity contribution in [3.05, 3.63) is 47.0 Å². The molecule has 0 N–H and O–H groups in total. The highest BCUT2D eigenvalue weighted by molar-refractivity contribution is 7.22. The van der Waals surface area contributed by atoms with Crippen LogP contribution in [0.15, 0.2) is 36.4 Å². The third kappa shape index (κ3) is 3.78. The summed E-state index contributed by atoms with van der Waals surface area (Å²) in [5.74, 6) is 1.13. The van der Waals surface area contributed by atoms with Crippen LogP contribution in [0.25, 0.3) is 10.2 Å². The minimum Gasteiger partial charge on any atom is -0.454 e. The number of fused-ring (bicyclic) bond motifs is 2. The molecule has 0 fully saturated rings. The molecular formula is C20H20ClN3O3S. The van der Waals surface area contributed by atoms with Crippen molar-refractivity contribution in [3.8, 4) is 11.5 Å². The lowest BCUT2D eigenvalue weighted by atomic mass is 10.1. The summed E-state index contributed by atoms with van der Waals surface area (Å²) in [5, 5.41) is 1.23. The van der Waals surface area contributed by atoms with Gasteiger partial charge in [0.1, 0.15) is 5.52 Å². The number of benzene rings is 2. The van der Waals surface area contributed by atoms with E-state index in [1.54, 1.807) is 23.1 Å². The molecule has 1 amide bonds. The molecule has 2 aromatic carbocycles. The van der Waals surface area contributed by atoms with Crippen LogP contribution < -0.4 is 14.4 Å². The molecule has 8 heteroatoms. The average Bonchev–Trinajstić information content (AvgIpc) is 3.31. The molecule has 2 heterocycles. The van der Waals surface area contributed by atoms with Gasteiger partial charge in [-0.1, -0.05) is 29.0 Å². The number of rotatable bonds is 6. The molecule has 4 rings (SSSR count). The van der Waals surface area contributed by atoms with Gasteiger partial charge in [0.15, 0.2) is 16.6 Å². The topological polar surface area (TPSA) is 54.9 Å². The van der Waals surface area contributed by atoms with Gasteiger partial charge in [-0.15, -0.1) is 0 Å². The van der Waals surface area contributed by atoms with Gasteiger partial charge >= 0.3 is 0 Å². The minimum absolute atomic E-state index is 0.118. The highest BCUT2D eigenvalue weighted by Crippen LogP contribution is 2.35. The molecule has 6 nitrogen and oxygen atoms in total. The highest BCUT2D eigenvalue weighted by Gasteiger charge is 2.24. The minimum atomic E-state index is -0.118. The third-order valence-electron chi connectivity index (χ3n) is 4.44. The van der Waals surface area contributed by atoms with Gasteiger partial charge in [0.05, 0.1) is 9.72 Å². The molecule has 146 valence electrons. The van der Waals surface area contributed by atoms with Crippen LogP contribution >= 0.6 is 22.9 Å². The van der Waals surface area contributed by atoms with Crippen LogP contribution in [0.1, 0.15) is 16.8 Å². The molecule has 0 aliphatic carbocycles. The SMILES string of the molecule is CN(C)CCCN(C(=O)c1ccc2c(c1)OCO2)c1nc2c(Cl)cccc2s1. The Morgan fingerprint density at radius 3 is 2.79 bits per heavy atom. The maximum absolute atomic E-state index is 13.3. The fraction of sp³-hybridized carbons (Fsp3) is 0.300. The molecule has 1 aliphatic heterocycles. The van der Waals surface area contributed by atoms with Crippen molar-refractivity contribution in [2.24, 2.45) is 0 Å². The maximum Gasteiger partial charge on any atom is 0.260 e. The largest absolute Gasteiger partial charge is 0.454 e. The van der Waals surface area contributed by atoms with Crippen molar-refractivity contribution in [1.82, 2.24) is 9.88 Å². The number of hydrogen-bond donors (Lipinski definition) is 0. The average molecular weight is 418 g/mol. The second-order valence-corrected chi connectivity index (χ2v) is 8.18. The first-order chi connectivity index (χ1) is 13.5. The van der Waals surface area contributed by atoms with E-state index < -0.39 is 0 Å². The van der Waals surface area contributed by atoms with Crippen LogP contribution in [0.3, 0.4) is 0 Å². The quantitative estimate of drug-likeness (QED) is 0.599. The summed E-state index contributed by atoms with van der Waals surface area (Å²) >= 11 is 7.75. The van der Waals surface area contributed by atoms with Crippen LogP contribution in [0.2, 0.25) is 5.02 Å². The number of amides is 1. The molecule has 1 aromatic heterocycles. The standard InChI is InChI=1S/C20H20ClN3O3S/c1-23(2)9-4-10-24(20-22-18-14(21)5-3-6-17(18)28-20)19(25)13-7-8-15-16(11-13)27-12-26-15/h3,5-8,11H,4,9-10,12H2,1-2H3. The second-order valence-electron chi connectivity index (χ2n) is 6.76. The number of hydrogen-bond acceptors (Lipinski definition) is 6. The molecule has 0 saturated carbocycles. The summed E-state index contributed by atoms with van der Waals surface area (Å²) < 4.78 is 11.7. The summed E-state index contributed by atoms with van der Waals surface area (Å²) in [6.07, 6.45) is 0.826. The first kappa shape index (κ1) is 19.0. The van der Waals surface area contributed by atoms with Crippen LogP contribution in [0, 0.1) is 0 Å². The zero-order chi connectivity index (χ0) is 19.7. The lowest BCUT2D eigenvalue weighted by Gasteiger charge is -2.21. The lowest BCUT2D eigenvalue weighted by molar-refractivity contribution is 0.0985. The van der Waals surface area contributed by atoms with Gasteiger partial charge < -0.3 is 14.4 Å².